The van der Waals surface area contributed by atoms with Crippen LogP contribution in [0.25, 0.3) is 22.6 Å². The quantitative estimate of drug-likeness (QED) is 0.372. The Bertz CT molecular complexity index is 1420. The lowest BCUT2D eigenvalue weighted by atomic mass is 10.1. The third kappa shape index (κ3) is 7.59. The highest BCUT2D eigenvalue weighted by molar-refractivity contribution is 5.97. The minimum absolute atomic E-state index is 0.0157. The van der Waals surface area contributed by atoms with E-state index in [-0.39, 0.29) is 51.3 Å². The van der Waals surface area contributed by atoms with Crippen LogP contribution in [0.5, 0.6) is 5.75 Å². The summed E-state index contributed by atoms with van der Waals surface area (Å²) in [6.45, 7) is 2.94. The molecule has 220 valence electrons. The van der Waals surface area contributed by atoms with Crippen LogP contribution in [0.3, 0.4) is 0 Å². The maximum atomic E-state index is 13.6. The first-order valence-electron chi connectivity index (χ1n) is 13.6. The zero-order valence-electron chi connectivity index (χ0n) is 23.5. The maximum absolute atomic E-state index is 13.6. The summed E-state index contributed by atoms with van der Waals surface area (Å²) in [6.07, 6.45) is -0.893. The molecule has 2 N–H and O–H groups in total. The molecule has 0 radical (unpaired) electrons. The van der Waals surface area contributed by atoms with Crippen molar-refractivity contribution < 1.29 is 33.8 Å². The predicted octanol–water partition coefficient (Wildman–Crippen LogP) is 3.08. The molecule has 12 nitrogen and oxygen atoms in total. The summed E-state index contributed by atoms with van der Waals surface area (Å²) in [4.78, 5) is 62.6. The number of carboxylic acid groups (broad SMARTS) is 1. The first kappa shape index (κ1) is 30.0. The molecule has 42 heavy (non-hydrogen) atoms. The van der Waals surface area contributed by atoms with Gasteiger partial charge in [0.15, 0.2) is 5.82 Å². The first-order valence-corrected chi connectivity index (χ1v) is 13.6. The van der Waals surface area contributed by atoms with Crippen LogP contribution in [-0.4, -0.2) is 94.7 Å². The normalized spacial score (nSPS) is 13.7. The van der Waals surface area contributed by atoms with E-state index in [4.69, 9.17) is 9.47 Å². The van der Waals surface area contributed by atoms with Gasteiger partial charge in [-0.15, -0.1) is 0 Å². The molecule has 3 amide bonds. The number of hydrogen-bond acceptors (Lipinski definition) is 8. The Morgan fingerprint density at radius 2 is 1.62 bits per heavy atom. The fourth-order valence-electron chi connectivity index (χ4n) is 4.51. The molecule has 0 unspecified atom stereocenters. The highest BCUT2D eigenvalue weighted by Gasteiger charge is 2.31. The van der Waals surface area contributed by atoms with Gasteiger partial charge in [-0.05, 0) is 31.5 Å². The summed E-state index contributed by atoms with van der Waals surface area (Å²) in [6, 6.07) is 16.8. The summed E-state index contributed by atoms with van der Waals surface area (Å²) in [5.74, 6) is -1.25. The molecule has 0 saturated carbocycles. The summed E-state index contributed by atoms with van der Waals surface area (Å²) in [7, 11) is 1.55. The number of rotatable bonds is 10. The van der Waals surface area contributed by atoms with Gasteiger partial charge in [0.25, 0.3) is 5.91 Å². The van der Waals surface area contributed by atoms with Gasteiger partial charge in [0.2, 0.25) is 5.91 Å². The van der Waals surface area contributed by atoms with Crippen molar-refractivity contribution in [1.82, 2.24) is 25.1 Å². The largest absolute Gasteiger partial charge is 0.497 e. The van der Waals surface area contributed by atoms with Gasteiger partial charge in [-0.1, -0.05) is 42.5 Å². The molecule has 0 spiro atoms. The topological polar surface area (TPSA) is 151 Å². The standard InChI is InChI=1S/C30H33N5O7/c1-3-42-30(40)35-16-14-34(15-17-35)29(39)23(12-13-26(36)37)33-28(38)25-19-24(21-10-7-11-22(18-21)41-2)31-27(32-25)20-8-5-4-6-9-20/h4-11,18-19,23H,3,12-17H2,1-2H3,(H,33,38)(H,36,37)/t23-/m0/s1. The fourth-order valence-corrected chi connectivity index (χ4v) is 4.51. The van der Waals surface area contributed by atoms with Crippen LogP contribution >= 0.6 is 0 Å². The highest BCUT2D eigenvalue weighted by atomic mass is 16.6. The number of nitrogens with zero attached hydrogens (tertiary/aromatic N) is 4. The molecular weight excluding hydrogens is 542 g/mol. The Hall–Kier alpha value is -5.00. The summed E-state index contributed by atoms with van der Waals surface area (Å²) in [5, 5.41) is 12.0. The van der Waals surface area contributed by atoms with Crippen molar-refractivity contribution in [2.24, 2.45) is 0 Å². The summed E-state index contributed by atoms with van der Waals surface area (Å²) >= 11 is 0. The van der Waals surface area contributed by atoms with Gasteiger partial charge in [0.05, 0.1) is 19.4 Å². The molecule has 1 aromatic heterocycles. The predicted molar refractivity (Wildman–Crippen MR) is 153 cm³/mol. The van der Waals surface area contributed by atoms with Gasteiger partial charge < -0.3 is 29.7 Å². The molecule has 12 heteroatoms. The minimum Gasteiger partial charge on any atom is -0.497 e. The number of nitrogens with one attached hydrogen (secondary N) is 1. The van der Waals surface area contributed by atoms with Crippen LogP contribution < -0.4 is 10.1 Å². The molecule has 2 heterocycles. The molecule has 1 atom stereocenters. The van der Waals surface area contributed by atoms with Gasteiger partial charge >= 0.3 is 12.1 Å². The summed E-state index contributed by atoms with van der Waals surface area (Å²) in [5.41, 5.74) is 1.87. The van der Waals surface area contributed by atoms with Gasteiger partial charge in [0.1, 0.15) is 17.5 Å². The SMILES string of the molecule is CCOC(=O)N1CCN(C(=O)[C@H](CCC(=O)O)NC(=O)c2cc(-c3cccc(OC)c3)nc(-c3ccccc3)n2)CC1. The molecule has 1 aliphatic heterocycles. The second kappa shape index (κ2) is 14.1. The number of ether oxygens (including phenoxy) is 2. The number of carbonyl (C=O) groups excluding carboxylic acids is 3. The number of hydrogen-bond donors (Lipinski definition) is 2. The summed E-state index contributed by atoms with van der Waals surface area (Å²) < 4.78 is 10.4. The van der Waals surface area contributed by atoms with Crippen LogP contribution in [0, 0.1) is 0 Å². The van der Waals surface area contributed by atoms with E-state index in [0.717, 1.165) is 0 Å². The van der Waals surface area contributed by atoms with Crippen molar-refractivity contribution in [3.63, 3.8) is 0 Å². The van der Waals surface area contributed by atoms with Crippen molar-refractivity contribution in [2.75, 3.05) is 39.9 Å². The Labute approximate surface area is 243 Å². The molecule has 0 bridgehead atoms. The van der Waals surface area contributed by atoms with Gasteiger partial charge in [-0.3, -0.25) is 14.4 Å². The van der Waals surface area contributed by atoms with Crippen LogP contribution in [0.2, 0.25) is 0 Å². The molecule has 3 aromatic rings. The number of carbonyl (C=O) groups is 4. The van der Waals surface area contributed by atoms with E-state index in [0.29, 0.717) is 28.4 Å². The number of amides is 3. The van der Waals surface area contributed by atoms with Crippen molar-refractivity contribution in [3.8, 4) is 28.4 Å². The van der Waals surface area contributed by atoms with Gasteiger partial charge in [-0.25, -0.2) is 14.8 Å². The first-order chi connectivity index (χ1) is 20.3. The van der Waals surface area contributed by atoms with E-state index in [2.05, 4.69) is 15.3 Å². The highest BCUT2D eigenvalue weighted by Crippen LogP contribution is 2.25. The minimum atomic E-state index is -1.11. The molecule has 0 aliphatic carbocycles. The molecule has 1 aliphatic rings. The second-order valence-corrected chi connectivity index (χ2v) is 9.53. The smallest absolute Gasteiger partial charge is 0.409 e. The third-order valence-corrected chi connectivity index (χ3v) is 6.72. The average molecular weight is 576 g/mol. The molecule has 1 saturated heterocycles. The lowest BCUT2D eigenvalue weighted by Gasteiger charge is -2.35. The van der Waals surface area contributed by atoms with E-state index in [1.165, 1.54) is 15.9 Å². The number of aliphatic carboxylic acids is 1. The molecule has 1 fully saturated rings. The third-order valence-electron chi connectivity index (χ3n) is 6.72. The zero-order valence-corrected chi connectivity index (χ0v) is 23.5. The Morgan fingerprint density at radius 1 is 0.929 bits per heavy atom. The van der Waals surface area contributed by atoms with Gasteiger partial charge in [0, 0.05) is 43.7 Å². The van der Waals surface area contributed by atoms with Crippen LogP contribution in [-0.2, 0) is 14.3 Å². The second-order valence-electron chi connectivity index (χ2n) is 9.53. The van der Waals surface area contributed by atoms with Crippen molar-refractivity contribution in [2.45, 2.75) is 25.8 Å². The average Bonchev–Trinajstić information content (AvgIpc) is 3.03. The monoisotopic (exact) mass is 575 g/mol. The fraction of sp³-hybridized carbons (Fsp3) is 0.333. The number of piperazine rings is 1. The van der Waals surface area contributed by atoms with E-state index >= 15 is 0 Å². The van der Waals surface area contributed by atoms with E-state index in [1.54, 1.807) is 32.2 Å². The van der Waals surface area contributed by atoms with Crippen LogP contribution in [0.4, 0.5) is 4.79 Å². The Morgan fingerprint density at radius 3 is 2.29 bits per heavy atom. The Balaban J connectivity index is 1.60. The molecule has 4 rings (SSSR count). The number of methoxy groups -OCH3 is 1. The number of benzene rings is 2. The molecule has 2 aromatic carbocycles. The Kier molecular flexibility index (Phi) is 10.0. The number of carboxylic acids is 1. The lowest BCUT2D eigenvalue weighted by Crippen LogP contribution is -2.56. The van der Waals surface area contributed by atoms with Crippen LogP contribution in [0.15, 0.2) is 60.7 Å². The zero-order chi connectivity index (χ0) is 30.1. The van der Waals surface area contributed by atoms with Crippen molar-refractivity contribution >= 4 is 23.9 Å². The van der Waals surface area contributed by atoms with E-state index in [1.807, 2.05) is 36.4 Å². The van der Waals surface area contributed by atoms with E-state index in [9.17, 15) is 24.3 Å². The van der Waals surface area contributed by atoms with Crippen molar-refractivity contribution in [3.05, 3.63) is 66.4 Å². The number of aromatic nitrogens is 2. The van der Waals surface area contributed by atoms with Gasteiger partial charge in [-0.2, -0.15) is 0 Å². The lowest BCUT2D eigenvalue weighted by molar-refractivity contribution is -0.138. The molecular formula is C30H33N5O7. The van der Waals surface area contributed by atoms with Crippen LogP contribution in [0.1, 0.15) is 30.3 Å². The van der Waals surface area contributed by atoms with Crippen molar-refractivity contribution in [1.29, 1.82) is 0 Å². The van der Waals surface area contributed by atoms with E-state index < -0.39 is 29.9 Å². The maximum Gasteiger partial charge on any atom is 0.409 e.